The van der Waals surface area contributed by atoms with Crippen LogP contribution >= 0.6 is 11.6 Å². The van der Waals surface area contributed by atoms with E-state index in [0.717, 1.165) is 0 Å². The molecular weight excluding hydrogens is 294 g/mol. The van der Waals surface area contributed by atoms with Gasteiger partial charge in [-0.3, -0.25) is 0 Å². The van der Waals surface area contributed by atoms with Crippen LogP contribution in [0, 0.1) is 11.8 Å². The maximum Gasteiger partial charge on any atom is 0.269 e. The number of rotatable bonds is 2. The van der Waals surface area contributed by atoms with Gasteiger partial charge in [-0.25, -0.2) is 17.2 Å². The van der Waals surface area contributed by atoms with E-state index in [4.69, 9.17) is 11.6 Å². The standard InChI is InChI=1S/C13H11ClF2O2S/c14-12(15)9-6-7-10(8-9)13(12,16)19(17,18)11-4-2-1-3-5-11/h1-7,9-10H,8H2/t9-,10+,12+,13-/m0/s1. The highest BCUT2D eigenvalue weighted by Crippen LogP contribution is 2.62. The van der Waals surface area contributed by atoms with Gasteiger partial charge in [0.15, 0.2) is 0 Å². The number of fused-ring (bicyclic) bond motifs is 2. The predicted molar refractivity (Wildman–Crippen MR) is 67.9 cm³/mol. The van der Waals surface area contributed by atoms with Crippen molar-refractivity contribution in [3.05, 3.63) is 42.5 Å². The molecule has 19 heavy (non-hydrogen) atoms. The lowest BCUT2D eigenvalue weighted by Gasteiger charge is -2.35. The van der Waals surface area contributed by atoms with Gasteiger partial charge in [-0.2, -0.15) is 0 Å². The summed E-state index contributed by atoms with van der Waals surface area (Å²) in [5, 5.41) is -6.02. The molecule has 2 nitrogen and oxygen atoms in total. The smallest absolute Gasteiger partial charge is 0.221 e. The van der Waals surface area contributed by atoms with Crippen molar-refractivity contribution in [1.29, 1.82) is 0 Å². The molecule has 0 saturated heterocycles. The minimum absolute atomic E-state index is 0.0859. The number of hydrogen-bond donors (Lipinski definition) is 0. The van der Waals surface area contributed by atoms with Crippen LogP contribution in [0.1, 0.15) is 6.42 Å². The van der Waals surface area contributed by atoms with Crippen molar-refractivity contribution in [2.75, 3.05) is 0 Å². The molecule has 0 spiro atoms. The fourth-order valence-electron chi connectivity index (χ4n) is 2.89. The SMILES string of the molecule is O=S(=O)(c1ccccc1)[C@@]1(F)[C@@H]2C=C[C@@H](C2)[C@]1(F)Cl. The van der Waals surface area contributed by atoms with Crippen molar-refractivity contribution >= 4 is 21.4 Å². The van der Waals surface area contributed by atoms with E-state index in [-0.39, 0.29) is 11.3 Å². The van der Waals surface area contributed by atoms with E-state index in [2.05, 4.69) is 0 Å². The van der Waals surface area contributed by atoms with Gasteiger partial charge in [0, 0.05) is 11.8 Å². The van der Waals surface area contributed by atoms with Gasteiger partial charge in [0.25, 0.3) is 5.00 Å². The molecular formula is C13H11ClF2O2S. The molecule has 2 bridgehead atoms. The fourth-order valence-corrected chi connectivity index (χ4v) is 5.44. The van der Waals surface area contributed by atoms with Gasteiger partial charge in [-0.15, -0.1) is 0 Å². The second-order valence-electron chi connectivity index (χ2n) is 4.92. The van der Waals surface area contributed by atoms with Gasteiger partial charge in [0.1, 0.15) is 0 Å². The summed E-state index contributed by atoms with van der Waals surface area (Å²) in [6.45, 7) is 0. The highest BCUT2D eigenvalue weighted by atomic mass is 35.5. The topological polar surface area (TPSA) is 34.1 Å². The molecule has 0 amide bonds. The van der Waals surface area contributed by atoms with Crippen LogP contribution in [-0.2, 0) is 9.84 Å². The number of sulfone groups is 1. The van der Waals surface area contributed by atoms with Crippen LogP contribution in [-0.4, -0.2) is 18.5 Å². The van der Waals surface area contributed by atoms with Crippen LogP contribution in [0.3, 0.4) is 0 Å². The maximum atomic E-state index is 15.1. The zero-order valence-electron chi connectivity index (χ0n) is 9.76. The summed E-state index contributed by atoms with van der Waals surface area (Å²) in [6, 6.07) is 7.04. The average molecular weight is 305 g/mol. The first-order valence-corrected chi connectivity index (χ1v) is 7.72. The number of alkyl halides is 3. The average Bonchev–Trinajstić information content (AvgIpc) is 2.94. The number of benzene rings is 1. The molecule has 1 aromatic carbocycles. The van der Waals surface area contributed by atoms with Crippen LogP contribution in [0.5, 0.6) is 0 Å². The summed E-state index contributed by atoms with van der Waals surface area (Å²) >= 11 is 5.63. The molecule has 1 fully saturated rings. The van der Waals surface area contributed by atoms with E-state index >= 15 is 4.39 Å². The Morgan fingerprint density at radius 3 is 2.21 bits per heavy atom. The van der Waals surface area contributed by atoms with Gasteiger partial charge < -0.3 is 0 Å². The molecule has 0 unspecified atom stereocenters. The lowest BCUT2D eigenvalue weighted by molar-refractivity contribution is 0.0790. The number of hydrogen-bond acceptors (Lipinski definition) is 2. The first-order valence-electron chi connectivity index (χ1n) is 5.86. The third kappa shape index (κ3) is 1.43. The molecule has 1 saturated carbocycles. The third-order valence-corrected chi connectivity index (χ3v) is 6.87. The zero-order chi connectivity index (χ0) is 13.9. The summed E-state index contributed by atoms with van der Waals surface area (Å²) in [5.41, 5.74) is 0. The summed E-state index contributed by atoms with van der Waals surface area (Å²) in [5.74, 6) is -1.94. The van der Waals surface area contributed by atoms with Crippen LogP contribution in [0.25, 0.3) is 0 Å². The van der Waals surface area contributed by atoms with Gasteiger partial charge in [-0.1, -0.05) is 42.0 Å². The Labute approximate surface area is 115 Å². The molecule has 4 atom stereocenters. The molecule has 1 aromatic rings. The summed E-state index contributed by atoms with van der Waals surface area (Å²) < 4.78 is 54.5. The molecule has 2 aliphatic rings. The molecule has 6 heteroatoms. The highest BCUT2D eigenvalue weighted by Gasteiger charge is 2.74. The molecule has 102 valence electrons. The van der Waals surface area contributed by atoms with Crippen LogP contribution in [0.4, 0.5) is 8.78 Å². The third-order valence-electron chi connectivity index (χ3n) is 3.93. The monoisotopic (exact) mass is 304 g/mol. The Morgan fingerprint density at radius 1 is 1.11 bits per heavy atom. The van der Waals surface area contributed by atoms with Crippen LogP contribution in [0.2, 0.25) is 0 Å². The minimum atomic E-state index is -4.50. The van der Waals surface area contributed by atoms with Crippen molar-refractivity contribution in [3.8, 4) is 0 Å². The first kappa shape index (κ1) is 13.1. The Hall–Kier alpha value is -0.940. The Morgan fingerprint density at radius 2 is 1.68 bits per heavy atom. The minimum Gasteiger partial charge on any atom is -0.221 e. The van der Waals surface area contributed by atoms with Gasteiger partial charge in [-0.05, 0) is 18.6 Å². The van der Waals surface area contributed by atoms with Gasteiger partial charge in [0.05, 0.1) is 4.90 Å². The molecule has 3 rings (SSSR count). The van der Waals surface area contributed by atoms with Crippen LogP contribution < -0.4 is 0 Å². The largest absolute Gasteiger partial charge is 0.269 e. The molecule has 0 radical (unpaired) electrons. The molecule has 0 heterocycles. The van der Waals surface area contributed by atoms with Crippen molar-refractivity contribution in [3.63, 3.8) is 0 Å². The molecule has 0 aromatic heterocycles. The van der Waals surface area contributed by atoms with Gasteiger partial charge >= 0.3 is 0 Å². The Balaban J connectivity index is 2.19. The second-order valence-corrected chi connectivity index (χ2v) is 7.54. The number of halogens is 3. The van der Waals surface area contributed by atoms with E-state index in [1.165, 1.54) is 36.4 Å². The van der Waals surface area contributed by atoms with Crippen molar-refractivity contribution in [1.82, 2.24) is 0 Å². The molecule has 0 aliphatic heterocycles. The molecule has 0 N–H and O–H groups in total. The van der Waals surface area contributed by atoms with E-state index in [1.54, 1.807) is 6.07 Å². The maximum absolute atomic E-state index is 15.1. The highest BCUT2D eigenvalue weighted by molar-refractivity contribution is 7.92. The second kappa shape index (κ2) is 3.79. The Kier molecular flexibility index (Phi) is 2.61. The van der Waals surface area contributed by atoms with E-state index < -0.39 is 31.8 Å². The van der Waals surface area contributed by atoms with E-state index in [9.17, 15) is 12.8 Å². The lowest BCUT2D eigenvalue weighted by Crippen LogP contribution is -2.52. The quantitative estimate of drug-likeness (QED) is 0.621. The van der Waals surface area contributed by atoms with E-state index in [1.807, 2.05) is 0 Å². The normalized spacial score (nSPS) is 40.8. The lowest BCUT2D eigenvalue weighted by atomic mass is 10.0. The van der Waals surface area contributed by atoms with Crippen molar-refractivity contribution < 1.29 is 17.2 Å². The number of allylic oxidation sites excluding steroid dienone is 2. The van der Waals surface area contributed by atoms with Crippen LogP contribution in [0.15, 0.2) is 47.4 Å². The summed E-state index contributed by atoms with van der Waals surface area (Å²) in [7, 11) is -4.50. The zero-order valence-corrected chi connectivity index (χ0v) is 11.3. The van der Waals surface area contributed by atoms with Crippen molar-refractivity contribution in [2.24, 2.45) is 11.8 Å². The Bertz CT molecular complexity index is 642. The summed E-state index contributed by atoms with van der Waals surface area (Å²) in [6.07, 6.45) is 2.95. The molecule has 2 aliphatic carbocycles. The van der Waals surface area contributed by atoms with Gasteiger partial charge in [0.2, 0.25) is 15.0 Å². The van der Waals surface area contributed by atoms with Crippen molar-refractivity contribution in [2.45, 2.75) is 21.4 Å². The van der Waals surface area contributed by atoms with E-state index in [0.29, 0.717) is 0 Å². The summed E-state index contributed by atoms with van der Waals surface area (Å²) in [4.78, 5) is -0.249. The first-order chi connectivity index (χ1) is 8.82. The predicted octanol–water partition coefficient (Wildman–Crippen LogP) is 3.24. The fraction of sp³-hybridized carbons (Fsp3) is 0.385.